The molecule has 1 fully saturated rings. The maximum Gasteiger partial charge on any atom is 0.225 e. The van der Waals surface area contributed by atoms with Crippen LogP contribution in [0.25, 0.3) is 5.69 Å². The molecular formula is C16H21N5O2. The molecule has 0 spiro atoms. The van der Waals surface area contributed by atoms with Crippen LogP contribution in [0, 0.1) is 0 Å². The number of primary amides is 1. The first kappa shape index (κ1) is 15.6. The highest BCUT2D eigenvalue weighted by atomic mass is 16.5. The van der Waals surface area contributed by atoms with Gasteiger partial charge in [0.15, 0.2) is 5.82 Å². The lowest BCUT2D eigenvalue weighted by molar-refractivity contribution is -0.117. The number of ether oxygens (including phenoxy) is 1. The van der Waals surface area contributed by atoms with Gasteiger partial charge in [-0.25, -0.2) is 9.67 Å². The van der Waals surface area contributed by atoms with Crippen LogP contribution in [0.4, 0.5) is 0 Å². The minimum atomic E-state index is -0.438. The molecule has 1 amide bonds. The van der Waals surface area contributed by atoms with E-state index in [0.29, 0.717) is 12.4 Å². The lowest BCUT2D eigenvalue weighted by Crippen LogP contribution is -2.34. The third kappa shape index (κ3) is 3.56. The first-order chi connectivity index (χ1) is 10.9. The minimum absolute atomic E-state index is 0.0346. The van der Waals surface area contributed by atoms with Gasteiger partial charge in [0, 0.05) is 18.7 Å². The second kappa shape index (κ2) is 6.08. The number of hydrogen-bond donors (Lipinski definition) is 1. The zero-order valence-electron chi connectivity index (χ0n) is 13.4. The minimum Gasteiger partial charge on any atom is -0.376 e. The molecule has 3 rings (SSSR count). The van der Waals surface area contributed by atoms with Gasteiger partial charge in [-0.2, -0.15) is 5.10 Å². The largest absolute Gasteiger partial charge is 0.376 e. The standard InChI is InChI=1S/C16H21N5O2/c1-16(2)9-11(5-7-23-16)15-19-14(8-13(17)22)20-21(15)12-4-3-6-18-10-12/h3-4,6,10-11H,5,7-9H2,1-2H3,(H2,17,22). The van der Waals surface area contributed by atoms with Gasteiger partial charge >= 0.3 is 0 Å². The van der Waals surface area contributed by atoms with Crippen LogP contribution in [0.1, 0.15) is 44.3 Å². The van der Waals surface area contributed by atoms with Crippen molar-refractivity contribution in [2.75, 3.05) is 6.61 Å². The molecule has 1 atom stereocenters. The van der Waals surface area contributed by atoms with Crippen molar-refractivity contribution in [2.24, 2.45) is 5.73 Å². The monoisotopic (exact) mass is 315 g/mol. The molecule has 1 unspecified atom stereocenters. The van der Waals surface area contributed by atoms with Crippen LogP contribution >= 0.6 is 0 Å². The molecule has 1 aliphatic heterocycles. The molecule has 1 aliphatic rings. The third-order valence-corrected chi connectivity index (χ3v) is 3.96. The number of carbonyl (C=O) groups is 1. The summed E-state index contributed by atoms with van der Waals surface area (Å²) in [5, 5.41) is 4.47. The number of rotatable bonds is 4. The molecule has 7 heteroatoms. The molecular weight excluding hydrogens is 294 g/mol. The van der Waals surface area contributed by atoms with Crippen molar-refractivity contribution in [3.05, 3.63) is 36.2 Å². The predicted molar refractivity (Wildman–Crippen MR) is 84.1 cm³/mol. The van der Waals surface area contributed by atoms with Gasteiger partial charge in [0.2, 0.25) is 5.91 Å². The number of amides is 1. The second-order valence-electron chi connectivity index (χ2n) is 6.45. The molecule has 7 nitrogen and oxygen atoms in total. The fourth-order valence-corrected chi connectivity index (χ4v) is 2.98. The molecule has 0 radical (unpaired) electrons. The van der Waals surface area contributed by atoms with Gasteiger partial charge in [-0.3, -0.25) is 9.78 Å². The van der Waals surface area contributed by atoms with E-state index in [2.05, 4.69) is 28.9 Å². The predicted octanol–water partition coefficient (Wildman–Crippen LogP) is 1.36. The normalized spacial score (nSPS) is 20.3. The number of carbonyl (C=O) groups excluding carboxylic acids is 1. The summed E-state index contributed by atoms with van der Waals surface area (Å²) in [6.07, 6.45) is 5.20. The Morgan fingerprint density at radius 2 is 2.35 bits per heavy atom. The van der Waals surface area contributed by atoms with Crippen molar-refractivity contribution in [1.29, 1.82) is 0 Å². The summed E-state index contributed by atoms with van der Waals surface area (Å²) in [7, 11) is 0. The SMILES string of the molecule is CC1(C)CC(c2nc(CC(N)=O)nn2-c2cccnc2)CCO1. The topological polar surface area (TPSA) is 95.9 Å². The highest BCUT2D eigenvalue weighted by Crippen LogP contribution is 2.35. The maximum atomic E-state index is 11.2. The van der Waals surface area contributed by atoms with Gasteiger partial charge in [-0.15, -0.1) is 0 Å². The Hall–Kier alpha value is -2.28. The second-order valence-corrected chi connectivity index (χ2v) is 6.45. The van der Waals surface area contributed by atoms with Gasteiger partial charge in [0.25, 0.3) is 0 Å². The van der Waals surface area contributed by atoms with E-state index in [1.54, 1.807) is 17.1 Å². The van der Waals surface area contributed by atoms with Crippen LogP contribution in [-0.2, 0) is 16.0 Å². The van der Waals surface area contributed by atoms with Crippen molar-refractivity contribution >= 4 is 5.91 Å². The summed E-state index contributed by atoms with van der Waals surface area (Å²) in [5.41, 5.74) is 5.92. The molecule has 2 aromatic heterocycles. The molecule has 2 aromatic rings. The molecule has 0 bridgehead atoms. The summed E-state index contributed by atoms with van der Waals surface area (Å²) in [6, 6.07) is 3.77. The lowest BCUT2D eigenvalue weighted by Gasteiger charge is -2.35. The fraction of sp³-hybridized carbons (Fsp3) is 0.500. The van der Waals surface area contributed by atoms with Crippen LogP contribution in [0.5, 0.6) is 0 Å². The van der Waals surface area contributed by atoms with E-state index in [1.807, 2.05) is 12.1 Å². The molecule has 0 aliphatic carbocycles. The zero-order chi connectivity index (χ0) is 16.4. The first-order valence-electron chi connectivity index (χ1n) is 7.73. The number of nitrogens with two attached hydrogens (primary N) is 1. The molecule has 0 aromatic carbocycles. The van der Waals surface area contributed by atoms with Crippen molar-refractivity contribution < 1.29 is 9.53 Å². The lowest BCUT2D eigenvalue weighted by atomic mass is 9.88. The quantitative estimate of drug-likeness (QED) is 0.919. The first-order valence-corrected chi connectivity index (χ1v) is 7.73. The number of hydrogen-bond acceptors (Lipinski definition) is 5. The van der Waals surface area contributed by atoms with E-state index in [4.69, 9.17) is 10.5 Å². The van der Waals surface area contributed by atoms with Crippen molar-refractivity contribution in [3.8, 4) is 5.69 Å². The average Bonchev–Trinajstić information content (AvgIpc) is 2.90. The summed E-state index contributed by atoms with van der Waals surface area (Å²) in [5.74, 6) is 1.06. The molecule has 1 saturated heterocycles. The Kier molecular flexibility index (Phi) is 4.12. The Morgan fingerprint density at radius 1 is 1.52 bits per heavy atom. The average molecular weight is 315 g/mol. The van der Waals surface area contributed by atoms with Crippen molar-refractivity contribution in [3.63, 3.8) is 0 Å². The number of nitrogens with zero attached hydrogens (tertiary/aromatic N) is 4. The van der Waals surface area contributed by atoms with Crippen molar-refractivity contribution in [1.82, 2.24) is 19.7 Å². The summed E-state index contributed by atoms with van der Waals surface area (Å²) < 4.78 is 7.57. The molecule has 23 heavy (non-hydrogen) atoms. The fourth-order valence-electron chi connectivity index (χ4n) is 2.98. The Labute approximate surface area is 134 Å². The molecule has 2 N–H and O–H groups in total. The van der Waals surface area contributed by atoms with E-state index < -0.39 is 5.91 Å². The summed E-state index contributed by atoms with van der Waals surface area (Å²) in [4.78, 5) is 19.9. The van der Waals surface area contributed by atoms with Gasteiger partial charge in [0.1, 0.15) is 5.82 Å². The van der Waals surface area contributed by atoms with E-state index in [1.165, 1.54) is 0 Å². The van der Waals surface area contributed by atoms with E-state index in [-0.39, 0.29) is 17.9 Å². The van der Waals surface area contributed by atoms with Crippen LogP contribution in [-0.4, -0.2) is 37.9 Å². The molecule has 3 heterocycles. The highest BCUT2D eigenvalue weighted by molar-refractivity contribution is 5.75. The van der Waals surface area contributed by atoms with Crippen molar-refractivity contribution in [2.45, 2.75) is 44.6 Å². The van der Waals surface area contributed by atoms with Gasteiger partial charge in [0.05, 0.1) is 23.9 Å². The van der Waals surface area contributed by atoms with Crippen LogP contribution < -0.4 is 5.73 Å². The van der Waals surface area contributed by atoms with Crippen LogP contribution in [0.3, 0.4) is 0 Å². The molecule has 0 saturated carbocycles. The number of pyridine rings is 1. The zero-order valence-corrected chi connectivity index (χ0v) is 13.4. The van der Waals surface area contributed by atoms with Crippen LogP contribution in [0.2, 0.25) is 0 Å². The van der Waals surface area contributed by atoms with Gasteiger partial charge in [-0.05, 0) is 38.8 Å². The van der Waals surface area contributed by atoms with E-state index >= 15 is 0 Å². The summed E-state index contributed by atoms with van der Waals surface area (Å²) >= 11 is 0. The Bertz CT molecular complexity index is 696. The van der Waals surface area contributed by atoms with E-state index in [9.17, 15) is 4.79 Å². The summed E-state index contributed by atoms with van der Waals surface area (Å²) in [6.45, 7) is 4.84. The van der Waals surface area contributed by atoms with Crippen LogP contribution in [0.15, 0.2) is 24.5 Å². The Balaban J connectivity index is 2.00. The maximum absolute atomic E-state index is 11.2. The molecule has 122 valence electrons. The highest BCUT2D eigenvalue weighted by Gasteiger charge is 2.33. The van der Waals surface area contributed by atoms with Gasteiger partial charge < -0.3 is 10.5 Å². The van der Waals surface area contributed by atoms with Gasteiger partial charge in [-0.1, -0.05) is 0 Å². The van der Waals surface area contributed by atoms with E-state index in [0.717, 1.165) is 24.4 Å². The number of aromatic nitrogens is 4. The Morgan fingerprint density at radius 3 is 3.00 bits per heavy atom. The third-order valence-electron chi connectivity index (χ3n) is 3.96. The smallest absolute Gasteiger partial charge is 0.225 e.